The van der Waals surface area contributed by atoms with Crippen molar-refractivity contribution >= 4 is 49.3 Å². The van der Waals surface area contributed by atoms with Gasteiger partial charge in [0.15, 0.2) is 0 Å². The minimum atomic E-state index is -0.651. The van der Waals surface area contributed by atoms with Gasteiger partial charge in [0.1, 0.15) is 5.76 Å². The lowest BCUT2D eigenvalue weighted by Crippen LogP contribution is -2.38. The van der Waals surface area contributed by atoms with E-state index in [4.69, 9.17) is 4.74 Å². The van der Waals surface area contributed by atoms with E-state index in [9.17, 15) is 14.7 Å². The molecule has 0 unspecified atom stereocenters. The zero-order valence-corrected chi connectivity index (χ0v) is 20.6. The molecule has 0 radical (unpaired) electrons. The van der Waals surface area contributed by atoms with E-state index in [1.807, 2.05) is 24.3 Å². The van der Waals surface area contributed by atoms with Crippen molar-refractivity contribution in [2.75, 3.05) is 39.4 Å². The average molecular weight is 564 g/mol. The molecule has 0 bridgehead atoms. The normalized spacial score (nSPS) is 21.3. The van der Waals surface area contributed by atoms with Gasteiger partial charge >= 0.3 is 0 Å². The Morgan fingerprint density at radius 1 is 1.00 bits per heavy atom. The number of morpholine rings is 1. The lowest BCUT2D eigenvalue weighted by Gasteiger charge is -2.29. The molecule has 2 saturated heterocycles. The number of nitrogens with zero attached hydrogens (tertiary/aromatic N) is 2. The largest absolute Gasteiger partial charge is 0.507 e. The van der Waals surface area contributed by atoms with Crippen LogP contribution < -0.4 is 0 Å². The second-order valence-corrected chi connectivity index (χ2v) is 9.69. The maximum atomic E-state index is 13.1. The second kappa shape index (κ2) is 10.3. The number of ketones is 1. The molecule has 32 heavy (non-hydrogen) atoms. The molecule has 0 spiro atoms. The molecule has 1 atom stereocenters. The minimum absolute atomic E-state index is 0.127. The first kappa shape index (κ1) is 23.2. The third-order valence-corrected chi connectivity index (χ3v) is 6.82. The lowest BCUT2D eigenvalue weighted by molar-refractivity contribution is -0.140. The maximum Gasteiger partial charge on any atom is 0.295 e. The molecule has 4 rings (SSSR count). The highest BCUT2D eigenvalue weighted by atomic mass is 79.9. The molecule has 6 nitrogen and oxygen atoms in total. The number of ether oxygens (including phenoxy) is 1. The number of aliphatic hydroxyl groups is 1. The van der Waals surface area contributed by atoms with Gasteiger partial charge in [0.2, 0.25) is 0 Å². The van der Waals surface area contributed by atoms with Crippen molar-refractivity contribution in [2.45, 2.75) is 12.5 Å². The number of Topliss-reactive ketones (excluding diaryl/α,β-unsaturated/α-hetero) is 1. The van der Waals surface area contributed by atoms with Crippen LogP contribution in [0.5, 0.6) is 0 Å². The fraction of sp³-hybridized carbons (Fsp3) is 0.333. The monoisotopic (exact) mass is 562 g/mol. The Morgan fingerprint density at radius 3 is 2.41 bits per heavy atom. The van der Waals surface area contributed by atoms with E-state index in [0.717, 1.165) is 53.8 Å². The molecule has 1 amide bonds. The summed E-state index contributed by atoms with van der Waals surface area (Å²) in [5, 5.41) is 11.1. The lowest BCUT2D eigenvalue weighted by atomic mass is 9.95. The van der Waals surface area contributed by atoms with Crippen LogP contribution in [0.3, 0.4) is 0 Å². The molecule has 2 heterocycles. The fourth-order valence-electron chi connectivity index (χ4n) is 4.19. The van der Waals surface area contributed by atoms with Crippen molar-refractivity contribution in [3.8, 4) is 0 Å². The molecule has 2 aliphatic heterocycles. The predicted molar refractivity (Wildman–Crippen MR) is 129 cm³/mol. The molecule has 0 saturated carbocycles. The summed E-state index contributed by atoms with van der Waals surface area (Å²) < 4.78 is 7.10. The van der Waals surface area contributed by atoms with Gasteiger partial charge in [0, 0.05) is 40.7 Å². The molecule has 2 aromatic rings. The number of rotatable bonds is 6. The predicted octanol–water partition coefficient (Wildman–Crippen LogP) is 4.36. The van der Waals surface area contributed by atoms with Crippen LogP contribution in [-0.2, 0) is 14.3 Å². The Hall–Kier alpha value is -2.00. The van der Waals surface area contributed by atoms with Crippen molar-refractivity contribution in [3.63, 3.8) is 0 Å². The van der Waals surface area contributed by atoms with Crippen LogP contribution in [-0.4, -0.2) is 66.0 Å². The minimum Gasteiger partial charge on any atom is -0.507 e. The van der Waals surface area contributed by atoms with E-state index in [1.54, 1.807) is 29.2 Å². The van der Waals surface area contributed by atoms with E-state index >= 15 is 0 Å². The summed E-state index contributed by atoms with van der Waals surface area (Å²) in [4.78, 5) is 30.0. The molecule has 168 valence electrons. The van der Waals surface area contributed by atoms with E-state index in [2.05, 4.69) is 36.8 Å². The summed E-state index contributed by atoms with van der Waals surface area (Å²) in [5.74, 6) is -1.38. The Labute approximate surface area is 204 Å². The third kappa shape index (κ3) is 4.98. The van der Waals surface area contributed by atoms with Crippen molar-refractivity contribution in [2.24, 2.45) is 0 Å². The van der Waals surface area contributed by atoms with Crippen molar-refractivity contribution in [1.29, 1.82) is 0 Å². The SMILES string of the molecule is O=C1C(=O)N(CCCN2CCOCC2)[C@@H](c2cccc(Br)c2)C1=C(O)c1ccc(Br)cc1. The number of carbonyl (C=O) groups is 2. The zero-order valence-electron chi connectivity index (χ0n) is 17.5. The summed E-state index contributed by atoms with van der Waals surface area (Å²) in [6.45, 7) is 4.43. The van der Waals surface area contributed by atoms with E-state index in [-0.39, 0.29) is 11.3 Å². The van der Waals surface area contributed by atoms with Gasteiger partial charge in [-0.1, -0.05) is 56.1 Å². The fourth-order valence-corrected chi connectivity index (χ4v) is 4.87. The molecule has 0 aromatic heterocycles. The third-order valence-electron chi connectivity index (χ3n) is 5.80. The van der Waals surface area contributed by atoms with E-state index in [0.29, 0.717) is 12.1 Å². The van der Waals surface area contributed by atoms with E-state index in [1.165, 1.54) is 0 Å². The highest BCUT2D eigenvalue weighted by Crippen LogP contribution is 2.40. The van der Waals surface area contributed by atoms with Gasteiger partial charge < -0.3 is 14.7 Å². The number of hydrogen-bond donors (Lipinski definition) is 1. The highest BCUT2D eigenvalue weighted by Gasteiger charge is 2.45. The standard InChI is InChI=1S/C24H24Br2N2O4/c25-18-7-5-16(6-8-18)22(29)20-21(17-3-1-4-19(26)15-17)28(24(31)23(20)30)10-2-9-27-11-13-32-14-12-27/h1,3-8,15,21,29H,2,9-14H2/t21-/m0/s1. The quantitative estimate of drug-likeness (QED) is 0.321. The smallest absolute Gasteiger partial charge is 0.295 e. The molecule has 2 aliphatic rings. The van der Waals surface area contributed by atoms with Crippen LogP contribution >= 0.6 is 31.9 Å². The van der Waals surface area contributed by atoms with Gasteiger partial charge in [-0.15, -0.1) is 0 Å². The maximum absolute atomic E-state index is 13.1. The summed E-state index contributed by atoms with van der Waals surface area (Å²) in [5.41, 5.74) is 1.41. The van der Waals surface area contributed by atoms with Gasteiger partial charge in [0.25, 0.3) is 11.7 Å². The molecule has 8 heteroatoms. The number of likely N-dealkylation sites (tertiary alicyclic amines) is 1. The molecular weight excluding hydrogens is 540 g/mol. The molecule has 2 aromatic carbocycles. The summed E-state index contributed by atoms with van der Waals surface area (Å²) in [7, 11) is 0. The highest BCUT2D eigenvalue weighted by molar-refractivity contribution is 9.10. The van der Waals surface area contributed by atoms with Crippen LogP contribution in [0.25, 0.3) is 5.76 Å². The summed E-state index contributed by atoms with van der Waals surface area (Å²) in [6, 6.07) is 13.9. The first-order valence-corrected chi connectivity index (χ1v) is 12.1. The Bertz CT molecular complexity index is 1030. The number of benzene rings is 2. The second-order valence-electron chi connectivity index (χ2n) is 7.86. The zero-order chi connectivity index (χ0) is 22.7. The number of carbonyl (C=O) groups excluding carboxylic acids is 2. The van der Waals surface area contributed by atoms with Gasteiger partial charge in [-0.25, -0.2) is 0 Å². The van der Waals surface area contributed by atoms with Crippen molar-refractivity contribution < 1.29 is 19.4 Å². The van der Waals surface area contributed by atoms with Gasteiger partial charge in [-0.3, -0.25) is 14.5 Å². The topological polar surface area (TPSA) is 70.1 Å². The van der Waals surface area contributed by atoms with Crippen LogP contribution in [0.1, 0.15) is 23.6 Å². The Morgan fingerprint density at radius 2 is 1.72 bits per heavy atom. The number of aliphatic hydroxyl groups excluding tert-OH is 1. The Balaban J connectivity index is 1.67. The van der Waals surface area contributed by atoms with Crippen LogP contribution in [0.2, 0.25) is 0 Å². The van der Waals surface area contributed by atoms with Gasteiger partial charge in [-0.05, 0) is 36.2 Å². The van der Waals surface area contributed by atoms with Crippen LogP contribution in [0, 0.1) is 0 Å². The molecular formula is C24H24Br2N2O4. The van der Waals surface area contributed by atoms with Crippen molar-refractivity contribution in [3.05, 3.63) is 74.2 Å². The van der Waals surface area contributed by atoms with Crippen LogP contribution in [0.4, 0.5) is 0 Å². The summed E-state index contributed by atoms with van der Waals surface area (Å²) >= 11 is 6.87. The number of halogens is 2. The first-order valence-electron chi connectivity index (χ1n) is 10.6. The number of hydrogen-bond acceptors (Lipinski definition) is 5. The first-order chi connectivity index (χ1) is 15.5. The number of amides is 1. The van der Waals surface area contributed by atoms with Crippen molar-refractivity contribution in [1.82, 2.24) is 9.80 Å². The summed E-state index contributed by atoms with van der Waals surface area (Å²) in [6.07, 6.45) is 0.732. The molecule has 1 N–H and O–H groups in total. The molecule has 2 fully saturated rings. The van der Waals surface area contributed by atoms with Gasteiger partial charge in [-0.2, -0.15) is 0 Å². The Kier molecular flexibility index (Phi) is 7.45. The van der Waals surface area contributed by atoms with Crippen LogP contribution in [0.15, 0.2) is 63.0 Å². The van der Waals surface area contributed by atoms with Gasteiger partial charge in [0.05, 0.1) is 24.8 Å². The van der Waals surface area contributed by atoms with E-state index < -0.39 is 17.7 Å². The average Bonchev–Trinajstić information content (AvgIpc) is 3.05. The molecule has 0 aliphatic carbocycles.